The van der Waals surface area contributed by atoms with Crippen molar-refractivity contribution >= 4 is 46.2 Å². The number of hydrogen-bond donors (Lipinski definition) is 2. The third-order valence-corrected chi connectivity index (χ3v) is 6.78. The highest BCUT2D eigenvalue weighted by atomic mass is 16.5. The molecule has 0 fully saturated rings. The summed E-state index contributed by atoms with van der Waals surface area (Å²) in [5.74, 6) is 0.773. The number of nitrogens with zero attached hydrogens (tertiary/aromatic N) is 2. The zero-order chi connectivity index (χ0) is 28.6. The topological polar surface area (TPSA) is 101 Å². The minimum Gasteiger partial charge on any atom is -0.492 e. The van der Waals surface area contributed by atoms with Gasteiger partial charge in [-0.05, 0) is 67.1 Å². The van der Waals surface area contributed by atoms with Crippen LogP contribution in [-0.2, 0) is 11.3 Å². The summed E-state index contributed by atoms with van der Waals surface area (Å²) in [5, 5.41) is 3.72. The smallest absolute Gasteiger partial charge is 0.255 e. The first-order chi connectivity index (χ1) is 20.0. The van der Waals surface area contributed by atoms with Gasteiger partial charge >= 0.3 is 0 Å². The SMILES string of the molecule is CCN(Cc1ccc2cc(N(C=O)CCOc3ccc(C(=O)Nc4ccccc4N)cc3)oc2c1)c1ccccc1. The van der Waals surface area contributed by atoms with Crippen LogP contribution >= 0.6 is 0 Å². The van der Waals surface area contributed by atoms with E-state index in [0.717, 1.165) is 41.7 Å². The number of nitrogens with one attached hydrogen (secondary N) is 1. The number of fused-ring (bicyclic) bond motifs is 1. The lowest BCUT2D eigenvalue weighted by atomic mass is 10.1. The minimum absolute atomic E-state index is 0.246. The molecule has 0 bridgehead atoms. The standard InChI is InChI=1S/C33H32N4O4/c1-2-36(27-8-4-3-5-9-27)22-24-12-13-26-21-32(41-31(26)20-24)37(23-38)18-19-40-28-16-14-25(15-17-28)33(39)35-30-11-7-6-10-29(30)34/h3-17,20-21,23H,2,18-19,22,34H2,1H3,(H,35,39). The summed E-state index contributed by atoms with van der Waals surface area (Å²) < 4.78 is 11.9. The molecule has 0 aliphatic heterocycles. The number of carbonyl (C=O) groups is 2. The van der Waals surface area contributed by atoms with Crippen LogP contribution in [0.15, 0.2) is 108 Å². The molecule has 5 aromatic rings. The third kappa shape index (κ3) is 6.67. The monoisotopic (exact) mass is 548 g/mol. The summed E-state index contributed by atoms with van der Waals surface area (Å²) in [6.07, 6.45) is 0.735. The van der Waals surface area contributed by atoms with Crippen molar-refractivity contribution in [2.75, 3.05) is 40.5 Å². The first-order valence-corrected chi connectivity index (χ1v) is 13.5. The van der Waals surface area contributed by atoms with Gasteiger partial charge in [-0.3, -0.25) is 14.5 Å². The number of hydrogen-bond acceptors (Lipinski definition) is 6. The number of carbonyl (C=O) groups excluding carboxylic acids is 2. The number of ether oxygens (including phenoxy) is 1. The van der Waals surface area contributed by atoms with Crippen LogP contribution in [0.5, 0.6) is 5.75 Å². The Morgan fingerprint density at radius 3 is 2.44 bits per heavy atom. The van der Waals surface area contributed by atoms with Gasteiger partial charge in [-0.15, -0.1) is 0 Å². The summed E-state index contributed by atoms with van der Waals surface area (Å²) in [6.45, 7) is 4.30. The van der Waals surface area contributed by atoms with Crippen molar-refractivity contribution < 1.29 is 18.7 Å². The van der Waals surface area contributed by atoms with Gasteiger partial charge in [0.05, 0.1) is 17.9 Å². The van der Waals surface area contributed by atoms with Crippen LogP contribution < -0.4 is 25.6 Å². The van der Waals surface area contributed by atoms with Crippen molar-refractivity contribution in [1.29, 1.82) is 0 Å². The quantitative estimate of drug-likeness (QED) is 0.139. The van der Waals surface area contributed by atoms with Crippen LogP contribution in [0.25, 0.3) is 11.0 Å². The molecule has 0 saturated carbocycles. The lowest BCUT2D eigenvalue weighted by Gasteiger charge is -2.23. The molecule has 0 spiro atoms. The van der Waals surface area contributed by atoms with Crippen LogP contribution in [0.1, 0.15) is 22.8 Å². The molecule has 8 nitrogen and oxygen atoms in total. The predicted molar refractivity (Wildman–Crippen MR) is 164 cm³/mol. The molecule has 1 heterocycles. The molecule has 0 aliphatic rings. The summed E-state index contributed by atoms with van der Waals surface area (Å²) in [7, 11) is 0. The van der Waals surface area contributed by atoms with Gasteiger partial charge in [0.25, 0.3) is 5.91 Å². The van der Waals surface area contributed by atoms with Crippen molar-refractivity contribution in [3.63, 3.8) is 0 Å². The molecule has 8 heteroatoms. The normalized spacial score (nSPS) is 10.8. The van der Waals surface area contributed by atoms with E-state index in [2.05, 4.69) is 35.3 Å². The number of furan rings is 1. The van der Waals surface area contributed by atoms with Crippen LogP contribution in [0, 0.1) is 0 Å². The predicted octanol–water partition coefficient (Wildman–Crippen LogP) is 6.34. The molecule has 3 N–H and O–H groups in total. The molecule has 4 aromatic carbocycles. The van der Waals surface area contributed by atoms with Crippen molar-refractivity contribution in [3.8, 4) is 5.75 Å². The Balaban J connectivity index is 1.17. The minimum atomic E-state index is -0.267. The second-order valence-corrected chi connectivity index (χ2v) is 9.52. The van der Waals surface area contributed by atoms with Gasteiger partial charge < -0.3 is 25.1 Å². The lowest BCUT2D eigenvalue weighted by Crippen LogP contribution is -2.26. The zero-order valence-corrected chi connectivity index (χ0v) is 22.8. The maximum absolute atomic E-state index is 12.5. The van der Waals surface area contributed by atoms with E-state index in [1.54, 1.807) is 48.5 Å². The van der Waals surface area contributed by atoms with E-state index >= 15 is 0 Å². The summed E-state index contributed by atoms with van der Waals surface area (Å²) in [6, 6.07) is 32.1. The van der Waals surface area contributed by atoms with Gasteiger partial charge in [0, 0.05) is 35.8 Å². The Morgan fingerprint density at radius 2 is 1.71 bits per heavy atom. The van der Waals surface area contributed by atoms with Crippen LogP contribution in [0.4, 0.5) is 22.9 Å². The summed E-state index contributed by atoms with van der Waals surface area (Å²) >= 11 is 0. The van der Waals surface area contributed by atoms with E-state index in [9.17, 15) is 9.59 Å². The summed E-state index contributed by atoms with van der Waals surface area (Å²) in [4.78, 5) is 28.2. The van der Waals surface area contributed by atoms with Crippen molar-refractivity contribution in [1.82, 2.24) is 0 Å². The van der Waals surface area contributed by atoms with Crippen molar-refractivity contribution in [2.24, 2.45) is 0 Å². The van der Waals surface area contributed by atoms with Gasteiger partial charge in [-0.1, -0.05) is 42.5 Å². The fraction of sp³-hybridized carbons (Fsp3) is 0.152. The third-order valence-electron chi connectivity index (χ3n) is 6.78. The van der Waals surface area contributed by atoms with Crippen molar-refractivity contribution in [2.45, 2.75) is 13.5 Å². The molecular formula is C33H32N4O4. The van der Waals surface area contributed by atoms with Crippen LogP contribution in [0.2, 0.25) is 0 Å². The van der Waals surface area contributed by atoms with E-state index in [1.165, 1.54) is 4.90 Å². The highest BCUT2D eigenvalue weighted by Gasteiger charge is 2.14. The second-order valence-electron chi connectivity index (χ2n) is 9.52. The van der Waals surface area contributed by atoms with E-state index in [0.29, 0.717) is 35.1 Å². The highest BCUT2D eigenvalue weighted by Crippen LogP contribution is 2.28. The molecule has 0 unspecified atom stereocenters. The molecule has 41 heavy (non-hydrogen) atoms. The second kappa shape index (κ2) is 12.7. The average molecular weight is 549 g/mol. The maximum atomic E-state index is 12.5. The molecule has 208 valence electrons. The maximum Gasteiger partial charge on any atom is 0.255 e. The van der Waals surface area contributed by atoms with Gasteiger partial charge in [-0.25, -0.2) is 0 Å². The fourth-order valence-electron chi connectivity index (χ4n) is 4.53. The number of benzene rings is 4. The molecular weight excluding hydrogens is 516 g/mol. The molecule has 0 atom stereocenters. The Labute approximate surface area is 238 Å². The van der Waals surface area contributed by atoms with E-state index in [-0.39, 0.29) is 12.5 Å². The number of nitrogen functional groups attached to an aromatic ring is 1. The van der Waals surface area contributed by atoms with Gasteiger partial charge in [0.1, 0.15) is 17.9 Å². The first-order valence-electron chi connectivity index (χ1n) is 13.5. The molecule has 0 aliphatic carbocycles. The lowest BCUT2D eigenvalue weighted by molar-refractivity contribution is -0.107. The summed E-state index contributed by atoms with van der Waals surface area (Å²) in [5.41, 5.74) is 10.4. The number of amides is 2. The average Bonchev–Trinajstić information content (AvgIpc) is 3.43. The molecule has 5 rings (SSSR count). The van der Waals surface area contributed by atoms with E-state index in [1.807, 2.05) is 36.4 Å². The molecule has 2 amide bonds. The van der Waals surface area contributed by atoms with Crippen molar-refractivity contribution in [3.05, 3.63) is 114 Å². The zero-order valence-electron chi connectivity index (χ0n) is 22.8. The number of nitrogens with two attached hydrogens (primary N) is 1. The largest absolute Gasteiger partial charge is 0.492 e. The number of anilines is 4. The van der Waals surface area contributed by atoms with E-state index < -0.39 is 0 Å². The number of para-hydroxylation sites is 3. The molecule has 0 radical (unpaired) electrons. The fourth-order valence-corrected chi connectivity index (χ4v) is 4.53. The van der Waals surface area contributed by atoms with Crippen LogP contribution in [-0.4, -0.2) is 32.0 Å². The molecule has 0 saturated heterocycles. The Bertz CT molecular complexity index is 1620. The molecule has 1 aromatic heterocycles. The van der Waals surface area contributed by atoms with Gasteiger partial charge in [0.2, 0.25) is 12.3 Å². The highest BCUT2D eigenvalue weighted by molar-refractivity contribution is 6.05. The number of rotatable bonds is 12. The Hall–Kier alpha value is -5.24. The Kier molecular flexibility index (Phi) is 8.49. The first kappa shape index (κ1) is 27.3. The van der Waals surface area contributed by atoms with Crippen LogP contribution in [0.3, 0.4) is 0 Å². The van der Waals surface area contributed by atoms with Gasteiger partial charge in [-0.2, -0.15) is 0 Å². The Morgan fingerprint density at radius 1 is 0.951 bits per heavy atom. The van der Waals surface area contributed by atoms with Gasteiger partial charge in [0.15, 0.2) is 0 Å². The van der Waals surface area contributed by atoms with E-state index in [4.69, 9.17) is 14.9 Å².